The molecule has 226 valence electrons. The molecular weight excluding hydrogens is 609 g/mol. The summed E-state index contributed by atoms with van der Waals surface area (Å²) in [7, 11) is 0. The fourth-order valence-electron chi connectivity index (χ4n) is 5.87. The van der Waals surface area contributed by atoms with Gasteiger partial charge in [-0.15, -0.1) is 11.3 Å². The lowest BCUT2D eigenvalue weighted by molar-refractivity contribution is 0.620. The van der Waals surface area contributed by atoms with Crippen LogP contribution in [0.4, 0.5) is 0 Å². The summed E-state index contributed by atoms with van der Waals surface area (Å²) < 4.78 is 7.19. The summed E-state index contributed by atoms with van der Waals surface area (Å²) in [5, 5.41) is 1.03. The topological polar surface area (TPSA) is 64.7 Å². The maximum atomic E-state index is 5.99. The molecule has 0 unspecified atom stereocenters. The van der Waals surface area contributed by atoms with Gasteiger partial charge in [0.15, 0.2) is 11.4 Å². The normalized spacial score (nSPS) is 11.3. The lowest BCUT2D eigenvalue weighted by atomic mass is 10.0. The highest BCUT2D eigenvalue weighted by molar-refractivity contribution is 7.21. The number of para-hydroxylation sites is 3. The molecule has 0 amide bonds. The molecule has 48 heavy (non-hydrogen) atoms. The molecule has 0 fully saturated rings. The molecule has 0 aliphatic heterocycles. The van der Waals surface area contributed by atoms with Gasteiger partial charge in [-0.1, -0.05) is 115 Å². The lowest BCUT2D eigenvalue weighted by Gasteiger charge is -2.10. The Kier molecular flexibility index (Phi) is 6.91. The van der Waals surface area contributed by atoms with Gasteiger partial charge in [0, 0.05) is 27.8 Å². The number of nitrogens with zero attached hydrogens (tertiary/aromatic N) is 4. The van der Waals surface area contributed by atoms with Crippen molar-refractivity contribution in [3.63, 3.8) is 0 Å². The molecule has 0 bridgehead atoms. The molecule has 3 heterocycles. The van der Waals surface area contributed by atoms with E-state index in [9.17, 15) is 0 Å². The molecule has 0 atom stereocenters. The first-order valence-corrected chi connectivity index (χ1v) is 16.5. The van der Waals surface area contributed by atoms with Crippen molar-refractivity contribution < 1.29 is 4.42 Å². The molecular formula is C42H26N4OS. The third-order valence-electron chi connectivity index (χ3n) is 8.42. The van der Waals surface area contributed by atoms with Crippen LogP contribution in [-0.4, -0.2) is 19.9 Å². The Balaban J connectivity index is 1.03. The number of rotatable bonds is 6. The van der Waals surface area contributed by atoms with Crippen LogP contribution in [0.5, 0.6) is 0 Å². The largest absolute Gasteiger partial charge is 0.436 e. The Labute approximate surface area is 280 Å². The highest BCUT2D eigenvalue weighted by atomic mass is 32.1. The van der Waals surface area contributed by atoms with E-state index < -0.39 is 0 Å². The first-order valence-electron chi connectivity index (χ1n) is 15.7. The summed E-state index contributed by atoms with van der Waals surface area (Å²) in [5.41, 5.74) is 11.7. The number of benzene rings is 6. The van der Waals surface area contributed by atoms with Crippen LogP contribution in [0, 0.1) is 0 Å². The van der Waals surface area contributed by atoms with Gasteiger partial charge in [-0.25, -0.2) is 19.9 Å². The zero-order valence-corrected chi connectivity index (χ0v) is 26.4. The first-order chi connectivity index (χ1) is 23.7. The van der Waals surface area contributed by atoms with Crippen LogP contribution in [0.1, 0.15) is 0 Å². The summed E-state index contributed by atoms with van der Waals surface area (Å²) in [6.45, 7) is 0. The molecule has 0 spiro atoms. The van der Waals surface area contributed by atoms with E-state index in [0.717, 1.165) is 72.0 Å². The number of aromatic nitrogens is 4. The van der Waals surface area contributed by atoms with Gasteiger partial charge in [0.25, 0.3) is 0 Å². The second-order valence-electron chi connectivity index (χ2n) is 11.5. The number of hydrogen-bond acceptors (Lipinski definition) is 6. The van der Waals surface area contributed by atoms with Gasteiger partial charge in [0.2, 0.25) is 5.89 Å². The average molecular weight is 635 g/mol. The predicted molar refractivity (Wildman–Crippen MR) is 195 cm³/mol. The van der Waals surface area contributed by atoms with E-state index in [2.05, 4.69) is 89.9 Å². The van der Waals surface area contributed by atoms with Crippen LogP contribution in [0.2, 0.25) is 0 Å². The van der Waals surface area contributed by atoms with Crippen molar-refractivity contribution in [1.82, 2.24) is 19.9 Å². The van der Waals surface area contributed by atoms with E-state index in [1.165, 1.54) is 4.70 Å². The van der Waals surface area contributed by atoms with Crippen molar-refractivity contribution >= 4 is 32.7 Å². The molecule has 5 nitrogen and oxygen atoms in total. The van der Waals surface area contributed by atoms with E-state index in [-0.39, 0.29) is 0 Å². The standard InChI is InChI=1S/C42H26N4OS/c1-2-8-31(9-3-1)40-43-36(26-37(44-40)30-20-22-32(23-21-30)41-45-34-10-4-6-12-38(34)47-41)29-18-14-27(15-19-29)28-16-24-33(25-17-28)42-46-35-11-5-7-13-39(35)48-42/h1-26H. The highest BCUT2D eigenvalue weighted by Gasteiger charge is 2.13. The van der Waals surface area contributed by atoms with Crippen molar-refractivity contribution in [1.29, 1.82) is 0 Å². The average Bonchev–Trinajstić information content (AvgIpc) is 3.80. The van der Waals surface area contributed by atoms with Crippen molar-refractivity contribution in [3.05, 3.63) is 158 Å². The molecule has 0 saturated carbocycles. The number of fused-ring (bicyclic) bond motifs is 2. The third kappa shape index (κ3) is 5.34. The summed E-state index contributed by atoms with van der Waals surface area (Å²) >= 11 is 1.72. The molecule has 9 rings (SSSR count). The minimum Gasteiger partial charge on any atom is -0.436 e. The Morgan fingerprint density at radius 3 is 1.58 bits per heavy atom. The fourth-order valence-corrected chi connectivity index (χ4v) is 6.84. The SMILES string of the molecule is c1ccc(-c2nc(-c3ccc(-c4ccc(-c5nc6ccccc6s5)cc4)cc3)cc(-c3ccc(-c4nc5ccccc5o4)cc3)n2)cc1. The van der Waals surface area contributed by atoms with E-state index in [4.69, 9.17) is 19.4 Å². The summed E-state index contributed by atoms with van der Waals surface area (Å²) in [6.07, 6.45) is 0. The Morgan fingerprint density at radius 2 is 0.938 bits per heavy atom. The van der Waals surface area contributed by atoms with Crippen LogP contribution in [0.3, 0.4) is 0 Å². The molecule has 0 N–H and O–H groups in total. The highest BCUT2D eigenvalue weighted by Crippen LogP contribution is 2.34. The quantitative estimate of drug-likeness (QED) is 0.182. The third-order valence-corrected chi connectivity index (χ3v) is 9.50. The van der Waals surface area contributed by atoms with Gasteiger partial charge < -0.3 is 4.42 Å². The Morgan fingerprint density at radius 1 is 0.396 bits per heavy atom. The van der Waals surface area contributed by atoms with Crippen LogP contribution in [-0.2, 0) is 0 Å². The second-order valence-corrected chi connectivity index (χ2v) is 12.6. The summed E-state index contributed by atoms with van der Waals surface area (Å²) in [4.78, 5) is 19.5. The zero-order chi connectivity index (χ0) is 31.9. The zero-order valence-electron chi connectivity index (χ0n) is 25.6. The van der Waals surface area contributed by atoms with Gasteiger partial charge in [0.1, 0.15) is 10.5 Å². The Hall–Kier alpha value is -6.24. The molecule has 0 aliphatic carbocycles. The monoisotopic (exact) mass is 634 g/mol. The van der Waals surface area contributed by atoms with Crippen molar-refractivity contribution in [2.45, 2.75) is 0 Å². The second kappa shape index (κ2) is 11.8. The van der Waals surface area contributed by atoms with Crippen LogP contribution in [0.15, 0.2) is 162 Å². The van der Waals surface area contributed by atoms with Crippen molar-refractivity contribution in [2.24, 2.45) is 0 Å². The minimum atomic E-state index is 0.600. The lowest BCUT2D eigenvalue weighted by Crippen LogP contribution is -1.96. The number of thiazole rings is 1. The first kappa shape index (κ1) is 28.0. The molecule has 0 saturated heterocycles. The van der Waals surface area contributed by atoms with Crippen molar-refractivity contribution in [2.75, 3.05) is 0 Å². The van der Waals surface area contributed by atoms with Gasteiger partial charge in [0.05, 0.1) is 21.6 Å². The summed E-state index contributed by atoms with van der Waals surface area (Å²) in [6, 6.07) is 53.6. The molecule has 0 aliphatic rings. The number of oxazole rings is 1. The van der Waals surface area contributed by atoms with Gasteiger partial charge in [-0.3, -0.25) is 0 Å². The molecule has 6 heteroatoms. The van der Waals surface area contributed by atoms with Crippen LogP contribution >= 0.6 is 11.3 Å². The van der Waals surface area contributed by atoms with Gasteiger partial charge in [-0.2, -0.15) is 0 Å². The Bertz CT molecular complexity index is 2470. The molecule has 0 radical (unpaired) electrons. The van der Waals surface area contributed by atoms with E-state index >= 15 is 0 Å². The molecule has 6 aromatic carbocycles. The van der Waals surface area contributed by atoms with E-state index in [1.807, 2.05) is 72.8 Å². The predicted octanol–water partition coefficient (Wildman–Crippen LogP) is 11.2. The van der Waals surface area contributed by atoms with Gasteiger partial charge in [-0.05, 0) is 53.6 Å². The van der Waals surface area contributed by atoms with E-state index in [1.54, 1.807) is 11.3 Å². The molecule has 9 aromatic rings. The summed E-state index contributed by atoms with van der Waals surface area (Å²) in [5.74, 6) is 1.28. The fraction of sp³-hybridized carbons (Fsp3) is 0. The van der Waals surface area contributed by atoms with Crippen molar-refractivity contribution in [3.8, 4) is 67.1 Å². The maximum absolute atomic E-state index is 5.99. The maximum Gasteiger partial charge on any atom is 0.227 e. The van der Waals surface area contributed by atoms with Crippen LogP contribution in [0.25, 0.3) is 88.4 Å². The minimum absolute atomic E-state index is 0.600. The van der Waals surface area contributed by atoms with E-state index in [0.29, 0.717) is 11.7 Å². The smallest absolute Gasteiger partial charge is 0.227 e. The molecule has 3 aromatic heterocycles. The van der Waals surface area contributed by atoms with Crippen LogP contribution < -0.4 is 0 Å². The van der Waals surface area contributed by atoms with Gasteiger partial charge >= 0.3 is 0 Å². The number of hydrogen-bond donors (Lipinski definition) is 0.